The molecule has 0 radical (unpaired) electrons. The van der Waals surface area contributed by atoms with E-state index >= 15 is 0 Å². The molecule has 0 unspecified atom stereocenters. The van der Waals surface area contributed by atoms with E-state index in [1.165, 1.54) is 25.0 Å². The largest absolute Gasteiger partial charge is 0.226 e. The van der Waals surface area contributed by atoms with Gasteiger partial charge in [-0.05, 0) is 40.5 Å². The first-order valence-electron chi connectivity index (χ1n) is 20.5. The maximum Gasteiger partial charge on any atom is 0.164 e. The molecule has 0 N–H and O–H groups in total. The van der Waals surface area contributed by atoms with Crippen molar-refractivity contribution in [2.75, 3.05) is 0 Å². The minimum absolute atomic E-state index is 0.649. The van der Waals surface area contributed by atoms with E-state index in [0.29, 0.717) is 23.3 Å². The van der Waals surface area contributed by atoms with Gasteiger partial charge < -0.3 is 0 Å². The maximum atomic E-state index is 5.33. The summed E-state index contributed by atoms with van der Waals surface area (Å²) < 4.78 is 4.69. The number of rotatable bonds is 7. The number of thiophene rings is 2. The Morgan fingerprint density at radius 2 is 0.806 bits per heavy atom. The summed E-state index contributed by atoms with van der Waals surface area (Å²) in [7, 11) is 0. The molecule has 0 amide bonds. The van der Waals surface area contributed by atoms with Crippen LogP contribution in [0.5, 0.6) is 0 Å². The van der Waals surface area contributed by atoms with Crippen LogP contribution in [0.4, 0.5) is 0 Å². The Morgan fingerprint density at radius 3 is 1.55 bits per heavy atom. The standard InChI is InChI=1S/C55H33N5S2/c1-4-15-34(16-5-1)39-21-12-22-40(33-39)54-56-48(51-49(57-54)42-23-10-11-27-45(42)61-51)36-31-29-35(30-32-36)41-24-13-25-43-47-44(26-14-28-46(47)62-50(41)43)55-59-52(37-17-6-2-7-18-37)58-53(60-55)38-19-8-3-9-20-38/h1-33H. The summed E-state index contributed by atoms with van der Waals surface area (Å²) in [5, 5.41) is 3.47. The van der Waals surface area contributed by atoms with E-state index in [4.69, 9.17) is 24.9 Å². The van der Waals surface area contributed by atoms with E-state index in [0.717, 1.165) is 71.2 Å². The monoisotopic (exact) mass is 827 g/mol. The summed E-state index contributed by atoms with van der Waals surface area (Å²) in [4.78, 5) is 25.7. The zero-order valence-corrected chi connectivity index (χ0v) is 34.7. The molecule has 12 rings (SSSR count). The van der Waals surface area contributed by atoms with Crippen molar-refractivity contribution in [3.63, 3.8) is 0 Å². The van der Waals surface area contributed by atoms with E-state index < -0.39 is 0 Å². The van der Waals surface area contributed by atoms with Gasteiger partial charge in [0.25, 0.3) is 0 Å². The summed E-state index contributed by atoms with van der Waals surface area (Å²) in [6.07, 6.45) is 0. The van der Waals surface area contributed by atoms with Gasteiger partial charge in [0.15, 0.2) is 23.3 Å². The fourth-order valence-electron chi connectivity index (χ4n) is 8.38. The van der Waals surface area contributed by atoms with Crippen LogP contribution in [0, 0.1) is 0 Å². The first-order valence-corrected chi connectivity index (χ1v) is 22.1. The molecule has 0 spiro atoms. The molecule has 4 aromatic heterocycles. The van der Waals surface area contributed by atoms with E-state index in [9.17, 15) is 0 Å². The predicted molar refractivity (Wildman–Crippen MR) is 259 cm³/mol. The summed E-state index contributed by atoms with van der Waals surface area (Å²) in [5.41, 5.74) is 11.5. The second kappa shape index (κ2) is 15.1. The van der Waals surface area contributed by atoms with Crippen LogP contribution in [-0.2, 0) is 0 Å². The minimum atomic E-state index is 0.649. The number of hydrogen-bond acceptors (Lipinski definition) is 7. The van der Waals surface area contributed by atoms with E-state index in [-0.39, 0.29) is 0 Å². The number of nitrogens with zero attached hydrogens (tertiary/aromatic N) is 5. The van der Waals surface area contributed by atoms with E-state index in [2.05, 4.69) is 133 Å². The molecule has 0 atom stereocenters. The highest BCUT2D eigenvalue weighted by Crippen LogP contribution is 2.45. The number of aromatic nitrogens is 5. The molecule has 0 saturated carbocycles. The predicted octanol–water partition coefficient (Wildman–Crippen LogP) is 15.1. The molecule has 0 aliphatic carbocycles. The molecule has 5 nitrogen and oxygen atoms in total. The quantitative estimate of drug-likeness (QED) is 0.160. The topological polar surface area (TPSA) is 64.5 Å². The normalized spacial score (nSPS) is 11.5. The van der Waals surface area contributed by atoms with Crippen LogP contribution in [0.3, 0.4) is 0 Å². The lowest BCUT2D eigenvalue weighted by Gasteiger charge is -2.10. The van der Waals surface area contributed by atoms with Gasteiger partial charge in [-0.25, -0.2) is 24.9 Å². The molecule has 4 heterocycles. The van der Waals surface area contributed by atoms with Gasteiger partial charge in [-0.1, -0.05) is 182 Å². The maximum absolute atomic E-state index is 5.33. The summed E-state index contributed by atoms with van der Waals surface area (Å²) in [6, 6.07) is 69.8. The molecule has 0 saturated heterocycles. The highest BCUT2D eigenvalue weighted by molar-refractivity contribution is 7.26. The Hall–Kier alpha value is -7.71. The van der Waals surface area contributed by atoms with Crippen molar-refractivity contribution < 1.29 is 0 Å². The van der Waals surface area contributed by atoms with Gasteiger partial charge in [0, 0.05) is 58.1 Å². The second-order valence-corrected chi connectivity index (χ2v) is 17.3. The van der Waals surface area contributed by atoms with Crippen molar-refractivity contribution in [3.8, 4) is 79.1 Å². The van der Waals surface area contributed by atoms with Crippen molar-refractivity contribution in [1.29, 1.82) is 0 Å². The summed E-state index contributed by atoms with van der Waals surface area (Å²) in [5.74, 6) is 2.67. The van der Waals surface area contributed by atoms with Gasteiger partial charge in [-0.3, -0.25) is 0 Å². The Labute approximate surface area is 365 Å². The van der Waals surface area contributed by atoms with Gasteiger partial charge in [0.05, 0.1) is 15.9 Å². The van der Waals surface area contributed by atoms with Crippen molar-refractivity contribution in [3.05, 3.63) is 200 Å². The first kappa shape index (κ1) is 36.2. The lowest BCUT2D eigenvalue weighted by Crippen LogP contribution is -2.00. The second-order valence-electron chi connectivity index (χ2n) is 15.2. The molecular formula is C55H33N5S2. The highest BCUT2D eigenvalue weighted by atomic mass is 32.1. The Kier molecular flexibility index (Phi) is 8.80. The zero-order valence-electron chi connectivity index (χ0n) is 33.1. The lowest BCUT2D eigenvalue weighted by atomic mass is 9.99. The molecule has 8 aromatic carbocycles. The SMILES string of the molecule is c1ccc(-c2cccc(-c3nc(-c4ccc(-c5cccc6c5sc5cccc(-c7nc(-c8ccccc8)nc(-c8ccccc8)n7)c56)cc4)c4sc5ccccc5c4n3)c2)cc1. The first-order chi connectivity index (χ1) is 30.7. The highest BCUT2D eigenvalue weighted by Gasteiger charge is 2.20. The molecule has 0 fully saturated rings. The molecule has 0 aliphatic rings. The molecular weight excluding hydrogens is 795 g/mol. The Balaban J connectivity index is 0.972. The average Bonchev–Trinajstić information content (AvgIpc) is 3.93. The number of benzene rings is 8. The van der Waals surface area contributed by atoms with E-state index in [1.807, 2.05) is 66.7 Å². The van der Waals surface area contributed by atoms with Crippen molar-refractivity contribution in [1.82, 2.24) is 24.9 Å². The third kappa shape index (κ3) is 6.34. The van der Waals surface area contributed by atoms with Gasteiger partial charge in [0.1, 0.15) is 0 Å². The van der Waals surface area contributed by atoms with Crippen molar-refractivity contribution >= 4 is 63.1 Å². The number of hydrogen-bond donors (Lipinski definition) is 0. The van der Waals surface area contributed by atoms with Crippen molar-refractivity contribution in [2.24, 2.45) is 0 Å². The average molecular weight is 828 g/mol. The molecule has 7 heteroatoms. The van der Waals surface area contributed by atoms with Gasteiger partial charge in [-0.2, -0.15) is 0 Å². The van der Waals surface area contributed by atoms with Crippen LogP contribution in [0.1, 0.15) is 0 Å². The van der Waals surface area contributed by atoms with Gasteiger partial charge in [-0.15, -0.1) is 22.7 Å². The van der Waals surface area contributed by atoms with Crippen molar-refractivity contribution in [2.45, 2.75) is 0 Å². The fraction of sp³-hybridized carbons (Fsp3) is 0. The zero-order chi connectivity index (χ0) is 41.0. The smallest absolute Gasteiger partial charge is 0.164 e. The summed E-state index contributed by atoms with van der Waals surface area (Å²) in [6.45, 7) is 0. The van der Waals surface area contributed by atoms with E-state index in [1.54, 1.807) is 22.7 Å². The van der Waals surface area contributed by atoms with Gasteiger partial charge in [0.2, 0.25) is 0 Å². The van der Waals surface area contributed by atoms with Crippen LogP contribution in [0.15, 0.2) is 200 Å². The lowest BCUT2D eigenvalue weighted by molar-refractivity contribution is 1.08. The van der Waals surface area contributed by atoms with Crippen LogP contribution in [-0.4, -0.2) is 24.9 Å². The van der Waals surface area contributed by atoms with Crippen LogP contribution in [0.25, 0.3) is 120 Å². The van der Waals surface area contributed by atoms with Crippen LogP contribution < -0.4 is 0 Å². The third-order valence-corrected chi connectivity index (χ3v) is 13.8. The molecule has 62 heavy (non-hydrogen) atoms. The molecule has 0 bridgehead atoms. The fourth-order valence-corrected chi connectivity index (χ4v) is 10.8. The Bertz CT molecular complexity index is 3560. The molecule has 12 aromatic rings. The molecule has 0 aliphatic heterocycles. The summed E-state index contributed by atoms with van der Waals surface area (Å²) >= 11 is 3.56. The number of fused-ring (bicyclic) bond motifs is 6. The Morgan fingerprint density at radius 1 is 0.290 bits per heavy atom. The van der Waals surface area contributed by atoms with Gasteiger partial charge >= 0.3 is 0 Å². The van der Waals surface area contributed by atoms with Crippen LogP contribution >= 0.6 is 22.7 Å². The molecule has 290 valence electrons. The third-order valence-electron chi connectivity index (χ3n) is 11.4. The minimum Gasteiger partial charge on any atom is -0.226 e. The van der Waals surface area contributed by atoms with Crippen LogP contribution in [0.2, 0.25) is 0 Å².